The van der Waals surface area contributed by atoms with Crippen LogP contribution in [0.1, 0.15) is 22.9 Å². The molecule has 208 valence electrons. The van der Waals surface area contributed by atoms with Gasteiger partial charge in [-0.25, -0.2) is 19.1 Å². The number of hydrogen-bond donors (Lipinski definition) is 1. The third kappa shape index (κ3) is 4.09. The topological polar surface area (TPSA) is 76.3 Å². The minimum Gasteiger partial charge on any atom is -0.497 e. The van der Waals surface area contributed by atoms with Crippen molar-refractivity contribution in [3.05, 3.63) is 120 Å². The molecule has 0 radical (unpaired) electrons. The van der Waals surface area contributed by atoms with Gasteiger partial charge in [-0.15, -0.1) is 0 Å². The van der Waals surface area contributed by atoms with Crippen LogP contribution in [-0.4, -0.2) is 35.7 Å². The van der Waals surface area contributed by atoms with Crippen LogP contribution in [0.3, 0.4) is 0 Å². The van der Waals surface area contributed by atoms with Gasteiger partial charge in [-0.2, -0.15) is 5.10 Å². The lowest BCUT2D eigenvalue weighted by Gasteiger charge is -2.40. The van der Waals surface area contributed by atoms with Crippen LogP contribution < -0.4 is 19.7 Å². The van der Waals surface area contributed by atoms with E-state index >= 15 is 4.39 Å². The predicted octanol–water partition coefficient (Wildman–Crippen LogP) is 7.13. The van der Waals surface area contributed by atoms with Gasteiger partial charge in [-0.3, -0.25) is 0 Å². The number of aryl methyl sites for hydroxylation is 1. The van der Waals surface area contributed by atoms with Crippen molar-refractivity contribution in [3.63, 3.8) is 0 Å². The Balaban J connectivity index is 1.49. The molecule has 7 rings (SSSR count). The Labute approximate surface area is 242 Å². The van der Waals surface area contributed by atoms with Gasteiger partial charge >= 0.3 is 0 Å². The quantitative estimate of drug-likeness (QED) is 0.248. The highest BCUT2D eigenvalue weighted by Gasteiger charge is 2.42. The molecular weight excluding hydrogens is 531 g/mol. The number of methoxy groups -OCH3 is 2. The summed E-state index contributed by atoms with van der Waals surface area (Å²) >= 11 is 0. The van der Waals surface area contributed by atoms with Gasteiger partial charge in [-0.1, -0.05) is 48.5 Å². The Morgan fingerprint density at radius 2 is 1.60 bits per heavy atom. The van der Waals surface area contributed by atoms with E-state index in [-0.39, 0.29) is 5.82 Å². The molecule has 8 nitrogen and oxygen atoms in total. The SMILES string of the molecule is COc1ccc(NC2=Nc3ccccc3N3C2=Nc2c(c(C)nn2-c2ccccc2)[C@H]3c2ccccc2F)c(OC)c1. The van der Waals surface area contributed by atoms with Crippen molar-refractivity contribution in [1.82, 2.24) is 9.78 Å². The molecule has 1 N–H and O–H groups in total. The zero-order valence-electron chi connectivity index (χ0n) is 23.2. The Bertz CT molecular complexity index is 1880. The smallest absolute Gasteiger partial charge is 0.179 e. The highest BCUT2D eigenvalue weighted by atomic mass is 19.1. The Morgan fingerprint density at radius 1 is 0.833 bits per heavy atom. The molecule has 4 aromatic carbocycles. The maximum atomic E-state index is 15.7. The van der Waals surface area contributed by atoms with Gasteiger partial charge in [-0.05, 0) is 49.4 Å². The monoisotopic (exact) mass is 558 g/mol. The van der Waals surface area contributed by atoms with E-state index in [9.17, 15) is 0 Å². The van der Waals surface area contributed by atoms with Crippen molar-refractivity contribution >= 4 is 34.6 Å². The van der Waals surface area contributed by atoms with E-state index in [0.29, 0.717) is 40.2 Å². The van der Waals surface area contributed by atoms with Crippen LogP contribution in [0.25, 0.3) is 5.69 Å². The fourth-order valence-corrected chi connectivity index (χ4v) is 5.57. The maximum Gasteiger partial charge on any atom is 0.179 e. The number of anilines is 2. The zero-order valence-corrected chi connectivity index (χ0v) is 23.2. The summed E-state index contributed by atoms with van der Waals surface area (Å²) < 4.78 is 28.6. The molecule has 0 saturated carbocycles. The van der Waals surface area contributed by atoms with Crippen molar-refractivity contribution in [1.29, 1.82) is 0 Å². The summed E-state index contributed by atoms with van der Waals surface area (Å²) in [6.45, 7) is 1.94. The van der Waals surface area contributed by atoms with Gasteiger partial charge in [0.2, 0.25) is 0 Å². The number of benzene rings is 4. The van der Waals surface area contributed by atoms with Crippen LogP contribution >= 0.6 is 0 Å². The molecule has 0 aliphatic carbocycles. The first-order valence-electron chi connectivity index (χ1n) is 13.5. The van der Waals surface area contributed by atoms with Crippen molar-refractivity contribution in [2.45, 2.75) is 13.0 Å². The van der Waals surface area contributed by atoms with Crippen LogP contribution in [0.5, 0.6) is 11.5 Å². The number of nitrogens with zero attached hydrogens (tertiary/aromatic N) is 5. The third-order valence-electron chi connectivity index (χ3n) is 7.50. The molecule has 0 saturated heterocycles. The Morgan fingerprint density at radius 3 is 2.38 bits per heavy atom. The average Bonchev–Trinajstić information content (AvgIpc) is 3.37. The van der Waals surface area contributed by atoms with Gasteiger partial charge in [0.15, 0.2) is 17.5 Å². The molecule has 2 aliphatic heterocycles. The lowest BCUT2D eigenvalue weighted by Crippen LogP contribution is -2.46. The molecule has 1 atom stereocenters. The summed E-state index contributed by atoms with van der Waals surface area (Å²) in [4.78, 5) is 12.2. The van der Waals surface area contributed by atoms with Gasteiger partial charge in [0.25, 0.3) is 0 Å². The molecule has 5 aromatic rings. The molecule has 3 heterocycles. The number of rotatable bonds is 5. The minimum atomic E-state index is -0.558. The number of ether oxygens (including phenoxy) is 2. The first-order chi connectivity index (χ1) is 20.6. The van der Waals surface area contributed by atoms with Crippen LogP contribution in [0.15, 0.2) is 107 Å². The summed E-state index contributed by atoms with van der Waals surface area (Å²) in [5.74, 6) is 2.57. The Hall–Kier alpha value is -5.44. The van der Waals surface area contributed by atoms with E-state index < -0.39 is 6.04 Å². The lowest BCUT2D eigenvalue weighted by atomic mass is 9.93. The number of nitrogens with one attached hydrogen (secondary N) is 1. The second-order valence-corrected chi connectivity index (χ2v) is 9.94. The van der Waals surface area contributed by atoms with Gasteiger partial charge in [0.05, 0.1) is 48.7 Å². The molecule has 0 fully saturated rings. The fraction of sp³-hybridized carbons (Fsp3) is 0.121. The van der Waals surface area contributed by atoms with Crippen molar-refractivity contribution in [2.24, 2.45) is 9.98 Å². The number of amidine groups is 2. The molecule has 9 heteroatoms. The van der Waals surface area contributed by atoms with E-state index in [1.807, 2.05) is 95.4 Å². The lowest BCUT2D eigenvalue weighted by molar-refractivity contribution is 0.395. The molecular formula is C33H27FN6O2. The summed E-state index contributed by atoms with van der Waals surface area (Å²) in [5.41, 5.74) is 5.17. The molecule has 0 bridgehead atoms. The first kappa shape index (κ1) is 25.5. The van der Waals surface area contributed by atoms with Crippen LogP contribution in [0, 0.1) is 12.7 Å². The normalized spacial score (nSPS) is 15.1. The molecule has 1 aromatic heterocycles. The highest BCUT2D eigenvalue weighted by Crippen LogP contribution is 2.48. The largest absolute Gasteiger partial charge is 0.497 e. The van der Waals surface area contributed by atoms with E-state index in [1.54, 1.807) is 26.4 Å². The number of aromatic nitrogens is 2. The zero-order chi connectivity index (χ0) is 28.8. The summed E-state index contributed by atoms with van der Waals surface area (Å²) in [6.07, 6.45) is 0. The second-order valence-electron chi connectivity index (χ2n) is 9.94. The number of halogens is 1. The summed E-state index contributed by atoms with van der Waals surface area (Å²) in [5, 5.41) is 8.35. The third-order valence-corrected chi connectivity index (χ3v) is 7.50. The standard InChI is InChI=1S/C33H27FN6O2/c1-20-29-30(23-13-7-8-14-24(23)34)39-27-16-10-9-15-25(27)35-31(36-26-18-17-22(41-2)19-28(26)42-3)33(39)37-32(29)40(38-20)21-11-5-4-6-12-21/h4-19,30H,1-3H3,(H,35,36)/t30-/m1/s1. The van der Waals surface area contributed by atoms with Gasteiger partial charge in [0.1, 0.15) is 17.3 Å². The maximum absolute atomic E-state index is 15.7. The average molecular weight is 559 g/mol. The number of fused-ring (bicyclic) bond motifs is 4. The molecule has 42 heavy (non-hydrogen) atoms. The van der Waals surface area contributed by atoms with E-state index in [2.05, 4.69) is 5.32 Å². The first-order valence-corrected chi connectivity index (χ1v) is 13.5. The summed E-state index contributed by atoms with van der Waals surface area (Å²) in [7, 11) is 3.21. The van der Waals surface area contributed by atoms with E-state index in [4.69, 9.17) is 24.6 Å². The Kier molecular flexibility index (Phi) is 6.19. The predicted molar refractivity (Wildman–Crippen MR) is 163 cm³/mol. The minimum absolute atomic E-state index is 0.312. The van der Waals surface area contributed by atoms with Crippen molar-refractivity contribution < 1.29 is 13.9 Å². The molecule has 0 unspecified atom stereocenters. The molecule has 0 amide bonds. The molecule has 0 spiro atoms. The van der Waals surface area contributed by atoms with Crippen molar-refractivity contribution in [3.8, 4) is 17.2 Å². The van der Waals surface area contributed by atoms with Gasteiger partial charge < -0.3 is 19.7 Å². The van der Waals surface area contributed by atoms with E-state index in [0.717, 1.165) is 28.3 Å². The summed E-state index contributed by atoms with van der Waals surface area (Å²) in [6, 6.07) is 29.4. The van der Waals surface area contributed by atoms with E-state index in [1.165, 1.54) is 6.07 Å². The fourth-order valence-electron chi connectivity index (χ4n) is 5.57. The van der Waals surface area contributed by atoms with Crippen LogP contribution in [0.2, 0.25) is 0 Å². The number of para-hydroxylation sites is 3. The second kappa shape index (κ2) is 10.2. The number of hydrogen-bond acceptors (Lipinski definition) is 7. The number of aliphatic imine (C=N–C) groups is 2. The van der Waals surface area contributed by atoms with Crippen LogP contribution in [0.4, 0.5) is 27.3 Å². The van der Waals surface area contributed by atoms with Crippen molar-refractivity contribution in [2.75, 3.05) is 24.4 Å². The van der Waals surface area contributed by atoms with Gasteiger partial charge in [0, 0.05) is 17.2 Å². The highest BCUT2D eigenvalue weighted by molar-refractivity contribution is 6.51. The molecule has 2 aliphatic rings. The van der Waals surface area contributed by atoms with Crippen LogP contribution in [-0.2, 0) is 0 Å².